The number of ether oxygens (including phenoxy) is 4. The summed E-state index contributed by atoms with van der Waals surface area (Å²) < 4.78 is 23.0. The van der Waals surface area contributed by atoms with Crippen LogP contribution in [-0.4, -0.2) is 32.0 Å². The highest BCUT2D eigenvalue weighted by Crippen LogP contribution is 2.49. The SMILES string of the molecule is COc1cccc(C2=NN3[C@@H](c4cc(OC)ccc4OC)Oc4ccccc4[C@@H]3C2)c1. The average molecular weight is 416 g/mol. The van der Waals surface area contributed by atoms with Crippen LogP contribution < -0.4 is 18.9 Å². The maximum absolute atomic E-state index is 6.46. The second-order valence-electron chi connectivity index (χ2n) is 7.49. The van der Waals surface area contributed by atoms with Gasteiger partial charge in [0, 0.05) is 17.5 Å². The summed E-state index contributed by atoms with van der Waals surface area (Å²) in [6, 6.07) is 21.9. The Morgan fingerprint density at radius 3 is 2.45 bits per heavy atom. The van der Waals surface area contributed by atoms with Gasteiger partial charge in [-0.05, 0) is 36.4 Å². The van der Waals surface area contributed by atoms with Gasteiger partial charge in [0.15, 0.2) is 0 Å². The molecule has 2 aliphatic rings. The predicted octanol–water partition coefficient (Wildman–Crippen LogP) is 4.95. The minimum atomic E-state index is -0.437. The normalized spacial score (nSPS) is 19.1. The Kier molecular flexibility index (Phi) is 4.90. The van der Waals surface area contributed by atoms with Gasteiger partial charge in [-0.2, -0.15) is 5.10 Å². The number of para-hydroxylation sites is 1. The smallest absolute Gasteiger partial charge is 0.217 e. The lowest BCUT2D eigenvalue weighted by Gasteiger charge is -2.38. The van der Waals surface area contributed by atoms with Crippen molar-refractivity contribution in [1.82, 2.24) is 5.01 Å². The molecule has 0 aromatic heterocycles. The van der Waals surface area contributed by atoms with Crippen LogP contribution in [0.1, 0.15) is 35.4 Å². The van der Waals surface area contributed by atoms with Crippen molar-refractivity contribution in [3.63, 3.8) is 0 Å². The highest BCUT2D eigenvalue weighted by atomic mass is 16.5. The highest BCUT2D eigenvalue weighted by molar-refractivity contribution is 6.02. The molecule has 158 valence electrons. The van der Waals surface area contributed by atoms with E-state index >= 15 is 0 Å². The second kappa shape index (κ2) is 7.87. The summed E-state index contributed by atoms with van der Waals surface area (Å²) in [6.45, 7) is 0. The monoisotopic (exact) mass is 416 g/mol. The van der Waals surface area contributed by atoms with Gasteiger partial charge in [-0.15, -0.1) is 0 Å². The lowest BCUT2D eigenvalue weighted by Crippen LogP contribution is -2.33. The Morgan fingerprint density at radius 1 is 0.839 bits per heavy atom. The van der Waals surface area contributed by atoms with Gasteiger partial charge in [-0.1, -0.05) is 30.3 Å². The zero-order valence-electron chi connectivity index (χ0n) is 17.7. The molecule has 6 heteroatoms. The van der Waals surface area contributed by atoms with E-state index in [4.69, 9.17) is 24.0 Å². The summed E-state index contributed by atoms with van der Waals surface area (Å²) in [6.07, 6.45) is 0.337. The van der Waals surface area contributed by atoms with Crippen LogP contribution >= 0.6 is 0 Å². The third kappa shape index (κ3) is 3.34. The molecular weight excluding hydrogens is 392 g/mol. The molecule has 0 fully saturated rings. The van der Waals surface area contributed by atoms with Gasteiger partial charge in [-0.25, -0.2) is 5.01 Å². The number of nitrogens with zero attached hydrogens (tertiary/aromatic N) is 2. The molecule has 3 aromatic carbocycles. The Labute approximate surface area is 181 Å². The molecule has 0 saturated heterocycles. The fourth-order valence-corrected chi connectivity index (χ4v) is 4.25. The molecule has 5 rings (SSSR count). The molecule has 0 saturated carbocycles. The summed E-state index contributed by atoms with van der Waals surface area (Å²) in [4.78, 5) is 0. The molecular formula is C25H24N2O4. The fraction of sp³-hybridized carbons (Fsp3) is 0.240. The summed E-state index contributed by atoms with van der Waals surface area (Å²) in [5.41, 5.74) is 4.04. The minimum absolute atomic E-state index is 0.0621. The molecule has 31 heavy (non-hydrogen) atoms. The van der Waals surface area contributed by atoms with Crippen LogP contribution in [0.5, 0.6) is 23.0 Å². The van der Waals surface area contributed by atoms with E-state index in [1.165, 1.54) is 0 Å². The molecule has 0 radical (unpaired) electrons. The molecule has 2 aliphatic heterocycles. The van der Waals surface area contributed by atoms with E-state index in [2.05, 4.69) is 12.1 Å². The first-order valence-corrected chi connectivity index (χ1v) is 10.2. The quantitative estimate of drug-likeness (QED) is 0.589. The van der Waals surface area contributed by atoms with E-state index in [1.54, 1.807) is 21.3 Å². The predicted molar refractivity (Wildman–Crippen MR) is 118 cm³/mol. The van der Waals surface area contributed by atoms with Crippen molar-refractivity contribution in [1.29, 1.82) is 0 Å². The van der Waals surface area contributed by atoms with Crippen LogP contribution in [0.15, 0.2) is 71.8 Å². The van der Waals surface area contributed by atoms with Crippen molar-refractivity contribution in [2.75, 3.05) is 21.3 Å². The third-order valence-electron chi connectivity index (χ3n) is 5.80. The summed E-state index contributed by atoms with van der Waals surface area (Å²) in [5.74, 6) is 3.15. The van der Waals surface area contributed by atoms with E-state index in [0.29, 0.717) is 0 Å². The molecule has 0 unspecified atom stereocenters. The molecule has 6 nitrogen and oxygen atoms in total. The summed E-state index contributed by atoms with van der Waals surface area (Å²) in [7, 11) is 4.99. The molecule has 0 aliphatic carbocycles. The van der Waals surface area contributed by atoms with Crippen molar-refractivity contribution in [3.05, 3.63) is 83.4 Å². The maximum atomic E-state index is 6.46. The topological polar surface area (TPSA) is 52.5 Å². The van der Waals surface area contributed by atoms with Crippen LogP contribution in [0, 0.1) is 0 Å². The van der Waals surface area contributed by atoms with Crippen LogP contribution in [-0.2, 0) is 0 Å². The molecule has 0 amide bonds. The van der Waals surface area contributed by atoms with Crippen molar-refractivity contribution in [2.24, 2.45) is 5.10 Å². The van der Waals surface area contributed by atoms with Crippen LogP contribution in [0.2, 0.25) is 0 Å². The molecule has 0 bridgehead atoms. The van der Waals surface area contributed by atoms with E-state index in [1.807, 2.05) is 59.6 Å². The van der Waals surface area contributed by atoms with Crippen molar-refractivity contribution in [2.45, 2.75) is 18.7 Å². The Morgan fingerprint density at radius 2 is 1.65 bits per heavy atom. The van der Waals surface area contributed by atoms with Gasteiger partial charge < -0.3 is 18.9 Å². The average Bonchev–Trinajstić information content (AvgIpc) is 3.29. The fourth-order valence-electron chi connectivity index (χ4n) is 4.25. The van der Waals surface area contributed by atoms with E-state index in [-0.39, 0.29) is 6.04 Å². The third-order valence-corrected chi connectivity index (χ3v) is 5.80. The van der Waals surface area contributed by atoms with Crippen LogP contribution in [0.25, 0.3) is 0 Å². The zero-order chi connectivity index (χ0) is 21.4. The number of fused-ring (bicyclic) bond motifs is 3. The van der Waals surface area contributed by atoms with Gasteiger partial charge in [0.25, 0.3) is 0 Å². The van der Waals surface area contributed by atoms with Gasteiger partial charge >= 0.3 is 0 Å². The van der Waals surface area contributed by atoms with Crippen molar-refractivity contribution < 1.29 is 18.9 Å². The lowest BCUT2D eigenvalue weighted by atomic mass is 9.95. The highest BCUT2D eigenvalue weighted by Gasteiger charge is 2.42. The molecule has 0 spiro atoms. The van der Waals surface area contributed by atoms with E-state index in [0.717, 1.165) is 51.8 Å². The van der Waals surface area contributed by atoms with E-state index < -0.39 is 6.23 Å². The van der Waals surface area contributed by atoms with Gasteiger partial charge in [-0.3, -0.25) is 0 Å². The number of hydrogen-bond acceptors (Lipinski definition) is 6. The lowest BCUT2D eigenvalue weighted by molar-refractivity contribution is -0.0204. The first kappa shape index (κ1) is 19.3. The van der Waals surface area contributed by atoms with Crippen molar-refractivity contribution >= 4 is 5.71 Å². The van der Waals surface area contributed by atoms with Crippen LogP contribution in [0.4, 0.5) is 0 Å². The standard InChI is InChI=1S/C25H24N2O4/c1-28-17-8-6-7-16(13-17)21-15-22-19-9-4-5-10-24(19)31-25(27(22)26-21)20-14-18(29-2)11-12-23(20)30-3/h4-14,22,25H,15H2,1-3H3/t22-,25+/m0/s1. The molecule has 2 atom stereocenters. The van der Waals surface area contributed by atoms with Gasteiger partial charge in [0.05, 0.1) is 38.6 Å². The number of rotatable bonds is 5. The minimum Gasteiger partial charge on any atom is -0.497 e. The molecule has 0 N–H and O–H groups in total. The van der Waals surface area contributed by atoms with Crippen molar-refractivity contribution in [3.8, 4) is 23.0 Å². The molecule has 3 aromatic rings. The largest absolute Gasteiger partial charge is 0.497 e. The first-order chi connectivity index (χ1) is 15.2. The molecule has 2 heterocycles. The Bertz CT molecular complexity index is 1140. The van der Waals surface area contributed by atoms with E-state index in [9.17, 15) is 0 Å². The summed E-state index contributed by atoms with van der Waals surface area (Å²) >= 11 is 0. The zero-order valence-corrected chi connectivity index (χ0v) is 17.7. The number of hydrazone groups is 1. The Balaban J connectivity index is 1.62. The number of benzene rings is 3. The van der Waals surface area contributed by atoms with Crippen LogP contribution in [0.3, 0.4) is 0 Å². The summed E-state index contributed by atoms with van der Waals surface area (Å²) in [5, 5.41) is 7.05. The number of hydrogen-bond donors (Lipinski definition) is 0. The second-order valence-corrected chi connectivity index (χ2v) is 7.49. The maximum Gasteiger partial charge on any atom is 0.217 e. The Hall–Kier alpha value is -3.67. The van der Waals surface area contributed by atoms with Gasteiger partial charge in [0.2, 0.25) is 6.23 Å². The first-order valence-electron chi connectivity index (χ1n) is 10.2. The number of methoxy groups -OCH3 is 3. The van der Waals surface area contributed by atoms with Gasteiger partial charge in [0.1, 0.15) is 23.0 Å².